The number of hydrogen-bond acceptors (Lipinski definition) is 4. The third kappa shape index (κ3) is 5.29. The highest BCUT2D eigenvalue weighted by Crippen LogP contribution is 2.22. The maximum atomic E-state index is 12.2. The lowest BCUT2D eigenvalue weighted by molar-refractivity contribution is -0.130. The third-order valence-electron chi connectivity index (χ3n) is 4.05. The number of ether oxygens (including phenoxy) is 1. The standard InChI is InChI=1S/C20H21BrN2O2S/c1-23(13-14-25-16-11-9-15(21)10-12-16)20(24)8-4-7-19-22-17-5-2-3-6-18(17)26-19/h2-3,5-6,9-12H,4,7-8,13-14H2,1H3. The van der Waals surface area contributed by atoms with Crippen molar-refractivity contribution in [2.45, 2.75) is 19.3 Å². The maximum absolute atomic E-state index is 12.2. The van der Waals surface area contributed by atoms with Crippen LogP contribution in [0.25, 0.3) is 10.2 Å². The van der Waals surface area contributed by atoms with Gasteiger partial charge in [-0.2, -0.15) is 0 Å². The van der Waals surface area contributed by atoms with E-state index in [1.165, 1.54) is 4.70 Å². The first-order valence-electron chi connectivity index (χ1n) is 8.58. The number of likely N-dealkylation sites (N-methyl/N-ethyl adjacent to an activating group) is 1. The predicted octanol–water partition coefficient (Wildman–Crippen LogP) is 4.92. The fraction of sp³-hybridized carbons (Fsp3) is 0.300. The number of carbonyl (C=O) groups is 1. The lowest BCUT2D eigenvalue weighted by Gasteiger charge is -2.17. The molecule has 26 heavy (non-hydrogen) atoms. The summed E-state index contributed by atoms with van der Waals surface area (Å²) in [6, 6.07) is 15.8. The Labute approximate surface area is 165 Å². The lowest BCUT2D eigenvalue weighted by atomic mass is 10.2. The molecule has 0 spiro atoms. The van der Waals surface area contributed by atoms with Crippen LogP contribution in [0.15, 0.2) is 53.0 Å². The van der Waals surface area contributed by atoms with Crippen molar-refractivity contribution in [3.05, 3.63) is 58.0 Å². The van der Waals surface area contributed by atoms with Gasteiger partial charge in [0.1, 0.15) is 12.4 Å². The number of fused-ring (bicyclic) bond motifs is 1. The van der Waals surface area contributed by atoms with Crippen molar-refractivity contribution in [2.75, 3.05) is 20.2 Å². The van der Waals surface area contributed by atoms with Gasteiger partial charge in [0.05, 0.1) is 21.8 Å². The third-order valence-corrected chi connectivity index (χ3v) is 5.68. The van der Waals surface area contributed by atoms with E-state index in [2.05, 4.69) is 27.0 Å². The molecule has 0 N–H and O–H groups in total. The summed E-state index contributed by atoms with van der Waals surface area (Å²) in [5, 5.41) is 1.10. The number of aryl methyl sites for hydroxylation is 1. The Kier molecular flexibility index (Phi) is 6.63. The minimum atomic E-state index is 0.144. The van der Waals surface area contributed by atoms with Crippen molar-refractivity contribution in [3.8, 4) is 5.75 Å². The number of hydrogen-bond donors (Lipinski definition) is 0. The molecule has 0 aliphatic rings. The van der Waals surface area contributed by atoms with Crippen LogP contribution in [-0.2, 0) is 11.2 Å². The zero-order valence-corrected chi connectivity index (χ0v) is 17.1. The van der Waals surface area contributed by atoms with E-state index in [9.17, 15) is 4.79 Å². The summed E-state index contributed by atoms with van der Waals surface area (Å²) in [4.78, 5) is 18.6. The van der Waals surface area contributed by atoms with Gasteiger partial charge in [0.25, 0.3) is 0 Å². The van der Waals surface area contributed by atoms with Gasteiger partial charge in [-0.15, -0.1) is 11.3 Å². The van der Waals surface area contributed by atoms with Gasteiger partial charge in [-0.25, -0.2) is 4.98 Å². The molecule has 0 unspecified atom stereocenters. The molecule has 0 saturated heterocycles. The second-order valence-electron chi connectivity index (χ2n) is 6.05. The van der Waals surface area contributed by atoms with E-state index in [-0.39, 0.29) is 5.91 Å². The number of amides is 1. The second kappa shape index (κ2) is 9.14. The van der Waals surface area contributed by atoms with E-state index in [4.69, 9.17) is 4.74 Å². The molecule has 0 radical (unpaired) electrons. The Morgan fingerprint density at radius 3 is 2.73 bits per heavy atom. The molecule has 4 nitrogen and oxygen atoms in total. The van der Waals surface area contributed by atoms with Gasteiger partial charge in [-0.3, -0.25) is 4.79 Å². The summed E-state index contributed by atoms with van der Waals surface area (Å²) < 4.78 is 7.89. The van der Waals surface area contributed by atoms with Crippen LogP contribution < -0.4 is 4.74 Å². The van der Waals surface area contributed by atoms with Crippen LogP contribution in [0.1, 0.15) is 17.8 Å². The average molecular weight is 433 g/mol. The van der Waals surface area contributed by atoms with Crippen LogP contribution in [0.3, 0.4) is 0 Å². The van der Waals surface area contributed by atoms with E-state index >= 15 is 0 Å². The first kappa shape index (κ1) is 18.9. The van der Waals surface area contributed by atoms with Crippen molar-refractivity contribution >= 4 is 43.4 Å². The number of para-hydroxylation sites is 1. The molecular weight excluding hydrogens is 412 g/mol. The molecule has 0 aliphatic carbocycles. The minimum Gasteiger partial charge on any atom is -0.492 e. The number of thiazole rings is 1. The molecule has 6 heteroatoms. The SMILES string of the molecule is CN(CCOc1ccc(Br)cc1)C(=O)CCCc1nc2ccccc2s1. The Bertz CT molecular complexity index is 831. The molecule has 136 valence electrons. The molecule has 3 aromatic rings. The van der Waals surface area contributed by atoms with Gasteiger partial charge in [-0.05, 0) is 49.2 Å². The molecule has 3 rings (SSSR count). The number of rotatable bonds is 8. The van der Waals surface area contributed by atoms with E-state index in [0.29, 0.717) is 19.6 Å². The Morgan fingerprint density at radius 1 is 1.19 bits per heavy atom. The maximum Gasteiger partial charge on any atom is 0.222 e. The van der Waals surface area contributed by atoms with E-state index in [0.717, 1.165) is 33.6 Å². The molecular formula is C20H21BrN2O2S. The minimum absolute atomic E-state index is 0.144. The lowest BCUT2D eigenvalue weighted by Crippen LogP contribution is -2.30. The zero-order chi connectivity index (χ0) is 18.4. The molecule has 0 saturated carbocycles. The first-order chi connectivity index (χ1) is 12.6. The molecule has 2 aromatic carbocycles. The van der Waals surface area contributed by atoms with Gasteiger partial charge in [0, 0.05) is 17.9 Å². The normalized spacial score (nSPS) is 10.8. The smallest absolute Gasteiger partial charge is 0.222 e. The average Bonchev–Trinajstić information content (AvgIpc) is 3.06. The summed E-state index contributed by atoms with van der Waals surface area (Å²) in [6.45, 7) is 1.07. The largest absolute Gasteiger partial charge is 0.492 e. The molecule has 1 amide bonds. The topological polar surface area (TPSA) is 42.4 Å². The molecule has 1 aromatic heterocycles. The van der Waals surface area contributed by atoms with E-state index in [1.807, 2.05) is 49.5 Å². The van der Waals surface area contributed by atoms with Crippen LogP contribution in [-0.4, -0.2) is 36.0 Å². The summed E-state index contributed by atoms with van der Waals surface area (Å²) in [6.07, 6.45) is 2.19. The number of carbonyl (C=O) groups excluding carboxylic acids is 1. The molecule has 0 atom stereocenters. The van der Waals surface area contributed by atoms with Crippen LogP contribution >= 0.6 is 27.3 Å². The van der Waals surface area contributed by atoms with Crippen LogP contribution in [0.4, 0.5) is 0 Å². The van der Waals surface area contributed by atoms with Crippen LogP contribution in [0, 0.1) is 0 Å². The van der Waals surface area contributed by atoms with Gasteiger partial charge in [0.15, 0.2) is 0 Å². The van der Waals surface area contributed by atoms with Crippen LogP contribution in [0.2, 0.25) is 0 Å². The highest BCUT2D eigenvalue weighted by molar-refractivity contribution is 9.10. The highest BCUT2D eigenvalue weighted by atomic mass is 79.9. The number of halogens is 1. The summed E-state index contributed by atoms with van der Waals surface area (Å²) in [5.74, 6) is 0.954. The Balaban J connectivity index is 1.37. The molecule has 0 fully saturated rings. The number of nitrogens with zero attached hydrogens (tertiary/aromatic N) is 2. The second-order valence-corrected chi connectivity index (χ2v) is 8.08. The Hall–Kier alpha value is -1.92. The number of benzene rings is 2. The summed E-state index contributed by atoms with van der Waals surface area (Å²) in [5.41, 5.74) is 1.04. The molecule has 0 aliphatic heterocycles. The monoisotopic (exact) mass is 432 g/mol. The van der Waals surface area contributed by atoms with E-state index in [1.54, 1.807) is 16.2 Å². The van der Waals surface area contributed by atoms with Crippen molar-refractivity contribution < 1.29 is 9.53 Å². The highest BCUT2D eigenvalue weighted by Gasteiger charge is 2.10. The van der Waals surface area contributed by atoms with Gasteiger partial charge in [-0.1, -0.05) is 28.1 Å². The van der Waals surface area contributed by atoms with Gasteiger partial charge in [0.2, 0.25) is 5.91 Å². The number of aromatic nitrogens is 1. The molecule has 1 heterocycles. The van der Waals surface area contributed by atoms with Crippen LogP contribution in [0.5, 0.6) is 5.75 Å². The zero-order valence-electron chi connectivity index (χ0n) is 14.7. The van der Waals surface area contributed by atoms with Crippen molar-refractivity contribution in [1.29, 1.82) is 0 Å². The molecule has 0 bridgehead atoms. The summed E-state index contributed by atoms with van der Waals surface area (Å²) >= 11 is 5.10. The first-order valence-corrected chi connectivity index (χ1v) is 10.2. The van der Waals surface area contributed by atoms with E-state index < -0.39 is 0 Å². The van der Waals surface area contributed by atoms with Gasteiger partial charge < -0.3 is 9.64 Å². The fourth-order valence-electron chi connectivity index (χ4n) is 2.56. The summed E-state index contributed by atoms with van der Waals surface area (Å²) in [7, 11) is 1.82. The Morgan fingerprint density at radius 2 is 1.96 bits per heavy atom. The van der Waals surface area contributed by atoms with Crippen molar-refractivity contribution in [3.63, 3.8) is 0 Å². The van der Waals surface area contributed by atoms with Crippen molar-refractivity contribution in [2.24, 2.45) is 0 Å². The quantitative estimate of drug-likeness (QED) is 0.507. The predicted molar refractivity (Wildman–Crippen MR) is 110 cm³/mol. The van der Waals surface area contributed by atoms with Gasteiger partial charge >= 0.3 is 0 Å². The van der Waals surface area contributed by atoms with Crippen molar-refractivity contribution in [1.82, 2.24) is 9.88 Å². The fourth-order valence-corrected chi connectivity index (χ4v) is 3.84.